The molecule has 0 saturated heterocycles. The van der Waals surface area contributed by atoms with Gasteiger partial charge in [-0.05, 0) is 24.3 Å². The number of nitrogen functional groups attached to an aromatic ring is 1. The Hall–Kier alpha value is -2.50. The topological polar surface area (TPSA) is 68.0 Å². The average molecular weight is 249 g/mol. The molecule has 1 amide bonds. The minimum absolute atomic E-state index is 0.143. The molecule has 0 aliphatic carbocycles. The SMILES string of the molecule is Nc1c(F)cc(C(=O)Nc2ccncc2)cc1F. The molecular formula is C12H9F2N3O. The molecule has 0 bridgehead atoms. The number of hydrogen-bond donors (Lipinski definition) is 2. The van der Waals surface area contributed by atoms with Gasteiger partial charge in [-0.15, -0.1) is 0 Å². The quantitative estimate of drug-likeness (QED) is 0.801. The van der Waals surface area contributed by atoms with E-state index in [4.69, 9.17) is 5.73 Å². The molecule has 4 nitrogen and oxygen atoms in total. The fourth-order valence-electron chi connectivity index (χ4n) is 1.35. The second kappa shape index (κ2) is 4.79. The van der Waals surface area contributed by atoms with E-state index in [9.17, 15) is 13.6 Å². The molecule has 0 saturated carbocycles. The Morgan fingerprint density at radius 1 is 1.17 bits per heavy atom. The maximum atomic E-state index is 13.2. The van der Waals surface area contributed by atoms with Crippen LogP contribution in [0.5, 0.6) is 0 Å². The molecule has 3 N–H and O–H groups in total. The summed E-state index contributed by atoms with van der Waals surface area (Å²) >= 11 is 0. The zero-order valence-corrected chi connectivity index (χ0v) is 9.15. The molecule has 1 aromatic carbocycles. The number of benzene rings is 1. The van der Waals surface area contributed by atoms with Gasteiger partial charge in [-0.1, -0.05) is 0 Å². The van der Waals surface area contributed by atoms with Crippen molar-refractivity contribution in [2.75, 3.05) is 11.1 Å². The number of amides is 1. The number of hydrogen-bond acceptors (Lipinski definition) is 3. The van der Waals surface area contributed by atoms with Gasteiger partial charge in [0.05, 0.1) is 0 Å². The van der Waals surface area contributed by atoms with Crippen molar-refractivity contribution in [3.05, 3.63) is 53.9 Å². The summed E-state index contributed by atoms with van der Waals surface area (Å²) in [5.41, 5.74) is 4.85. The molecule has 2 rings (SSSR count). The van der Waals surface area contributed by atoms with Crippen LogP contribution >= 0.6 is 0 Å². The van der Waals surface area contributed by atoms with E-state index in [0.717, 1.165) is 12.1 Å². The number of aromatic nitrogens is 1. The van der Waals surface area contributed by atoms with Crippen molar-refractivity contribution in [3.8, 4) is 0 Å². The number of pyridine rings is 1. The van der Waals surface area contributed by atoms with Crippen LogP contribution in [0.1, 0.15) is 10.4 Å². The van der Waals surface area contributed by atoms with Gasteiger partial charge < -0.3 is 11.1 Å². The summed E-state index contributed by atoms with van der Waals surface area (Å²) < 4.78 is 26.4. The number of nitrogens with zero attached hydrogens (tertiary/aromatic N) is 1. The van der Waals surface area contributed by atoms with Crippen LogP contribution in [-0.2, 0) is 0 Å². The van der Waals surface area contributed by atoms with Gasteiger partial charge in [0.1, 0.15) is 17.3 Å². The summed E-state index contributed by atoms with van der Waals surface area (Å²) in [5.74, 6) is -2.55. The summed E-state index contributed by atoms with van der Waals surface area (Å²) in [4.78, 5) is 15.5. The molecule has 0 fully saturated rings. The summed E-state index contributed by atoms with van der Waals surface area (Å²) in [5, 5.41) is 2.48. The van der Waals surface area contributed by atoms with Crippen LogP contribution in [0.15, 0.2) is 36.7 Å². The highest BCUT2D eigenvalue weighted by molar-refractivity contribution is 6.04. The van der Waals surface area contributed by atoms with Gasteiger partial charge >= 0.3 is 0 Å². The van der Waals surface area contributed by atoms with E-state index >= 15 is 0 Å². The first kappa shape index (κ1) is 12.0. The van der Waals surface area contributed by atoms with Crippen molar-refractivity contribution in [3.63, 3.8) is 0 Å². The number of halogens is 2. The lowest BCUT2D eigenvalue weighted by molar-refractivity contribution is 0.102. The molecule has 0 atom stereocenters. The molecule has 6 heteroatoms. The number of carbonyl (C=O) groups excluding carboxylic acids is 1. The van der Waals surface area contributed by atoms with E-state index in [1.807, 2.05) is 0 Å². The fourth-order valence-corrected chi connectivity index (χ4v) is 1.35. The van der Waals surface area contributed by atoms with E-state index < -0.39 is 23.2 Å². The maximum Gasteiger partial charge on any atom is 0.255 e. The third kappa shape index (κ3) is 2.42. The minimum atomic E-state index is -0.963. The van der Waals surface area contributed by atoms with E-state index in [2.05, 4.69) is 10.3 Å². The second-order valence-corrected chi connectivity index (χ2v) is 3.54. The van der Waals surface area contributed by atoms with Crippen LogP contribution in [-0.4, -0.2) is 10.9 Å². The lowest BCUT2D eigenvalue weighted by Crippen LogP contribution is -2.13. The minimum Gasteiger partial charge on any atom is -0.394 e. The summed E-state index contributed by atoms with van der Waals surface area (Å²) in [7, 11) is 0. The normalized spacial score (nSPS) is 10.1. The van der Waals surface area contributed by atoms with Crippen LogP contribution in [0.4, 0.5) is 20.2 Å². The van der Waals surface area contributed by atoms with Gasteiger partial charge in [0.25, 0.3) is 5.91 Å². The van der Waals surface area contributed by atoms with Gasteiger partial charge in [0, 0.05) is 23.6 Å². The summed E-state index contributed by atoms with van der Waals surface area (Å²) in [6.07, 6.45) is 2.97. The van der Waals surface area contributed by atoms with Gasteiger partial charge in [0.2, 0.25) is 0 Å². The molecule has 2 aromatic rings. The Kier molecular flexibility index (Phi) is 3.18. The monoisotopic (exact) mass is 249 g/mol. The first-order valence-corrected chi connectivity index (χ1v) is 5.04. The molecule has 1 aromatic heterocycles. The molecule has 0 aliphatic heterocycles. The number of anilines is 2. The van der Waals surface area contributed by atoms with Crippen molar-refractivity contribution < 1.29 is 13.6 Å². The molecule has 0 aliphatic rings. The highest BCUT2D eigenvalue weighted by atomic mass is 19.1. The van der Waals surface area contributed by atoms with Gasteiger partial charge in [0.15, 0.2) is 0 Å². The first-order chi connectivity index (χ1) is 8.58. The van der Waals surface area contributed by atoms with Crippen LogP contribution < -0.4 is 11.1 Å². The molecule has 0 unspecified atom stereocenters. The first-order valence-electron chi connectivity index (χ1n) is 5.04. The van der Waals surface area contributed by atoms with E-state index in [-0.39, 0.29) is 5.56 Å². The molecule has 0 spiro atoms. The van der Waals surface area contributed by atoms with Crippen molar-refractivity contribution in [1.29, 1.82) is 0 Å². The van der Waals surface area contributed by atoms with Crippen LogP contribution in [0.3, 0.4) is 0 Å². The molecule has 0 radical (unpaired) electrons. The molecule has 92 valence electrons. The molecule has 18 heavy (non-hydrogen) atoms. The number of carbonyl (C=O) groups is 1. The van der Waals surface area contributed by atoms with Crippen molar-refractivity contribution in [2.24, 2.45) is 0 Å². The predicted octanol–water partition coefficient (Wildman–Crippen LogP) is 2.19. The van der Waals surface area contributed by atoms with Crippen molar-refractivity contribution in [2.45, 2.75) is 0 Å². The van der Waals surface area contributed by atoms with Gasteiger partial charge in [-0.25, -0.2) is 8.78 Å². The number of nitrogens with one attached hydrogen (secondary N) is 1. The van der Waals surface area contributed by atoms with E-state index in [1.165, 1.54) is 12.4 Å². The number of rotatable bonds is 2. The zero-order chi connectivity index (χ0) is 13.1. The summed E-state index contributed by atoms with van der Waals surface area (Å²) in [6.45, 7) is 0. The smallest absolute Gasteiger partial charge is 0.255 e. The zero-order valence-electron chi connectivity index (χ0n) is 9.15. The maximum absolute atomic E-state index is 13.2. The van der Waals surface area contributed by atoms with E-state index in [0.29, 0.717) is 5.69 Å². The Bertz CT molecular complexity index is 564. The summed E-state index contributed by atoms with van der Waals surface area (Å²) in [6, 6.07) is 4.88. The average Bonchev–Trinajstić information content (AvgIpc) is 2.36. The lowest BCUT2D eigenvalue weighted by Gasteiger charge is -2.06. The molecular weight excluding hydrogens is 240 g/mol. The Morgan fingerprint density at radius 3 is 2.28 bits per heavy atom. The largest absolute Gasteiger partial charge is 0.394 e. The fraction of sp³-hybridized carbons (Fsp3) is 0. The highest BCUT2D eigenvalue weighted by Crippen LogP contribution is 2.18. The second-order valence-electron chi connectivity index (χ2n) is 3.54. The highest BCUT2D eigenvalue weighted by Gasteiger charge is 2.13. The van der Waals surface area contributed by atoms with Crippen LogP contribution in [0.25, 0.3) is 0 Å². The Labute approximate surface area is 101 Å². The third-order valence-corrected chi connectivity index (χ3v) is 2.28. The number of nitrogens with two attached hydrogens (primary N) is 1. The Balaban J connectivity index is 2.25. The third-order valence-electron chi connectivity index (χ3n) is 2.28. The standard InChI is InChI=1S/C12H9F2N3O/c13-9-5-7(6-10(14)11(9)15)12(18)17-8-1-3-16-4-2-8/h1-6H,15H2,(H,16,17,18). The molecule has 1 heterocycles. The van der Waals surface area contributed by atoms with Crippen molar-refractivity contribution >= 4 is 17.3 Å². The van der Waals surface area contributed by atoms with Gasteiger partial charge in [-0.3, -0.25) is 9.78 Å². The van der Waals surface area contributed by atoms with Crippen molar-refractivity contribution in [1.82, 2.24) is 4.98 Å². The van der Waals surface area contributed by atoms with Crippen LogP contribution in [0.2, 0.25) is 0 Å². The van der Waals surface area contributed by atoms with Crippen LogP contribution in [0, 0.1) is 11.6 Å². The van der Waals surface area contributed by atoms with E-state index in [1.54, 1.807) is 12.1 Å². The predicted molar refractivity (Wildman–Crippen MR) is 63.0 cm³/mol. The lowest BCUT2D eigenvalue weighted by atomic mass is 10.1. The Morgan fingerprint density at radius 2 is 1.72 bits per heavy atom. The van der Waals surface area contributed by atoms with Gasteiger partial charge in [-0.2, -0.15) is 0 Å².